The number of nitrogens with zero attached hydrogens (tertiary/aromatic N) is 1. The molecule has 1 atom stereocenters. The number of hydrogen-bond donors (Lipinski definition) is 0. The molecule has 6 heteroatoms. The summed E-state index contributed by atoms with van der Waals surface area (Å²) in [5, 5.41) is 0.243. The first-order chi connectivity index (χ1) is 10.6. The zero-order chi connectivity index (χ0) is 15.4. The second-order valence-corrected chi connectivity index (χ2v) is 8.58. The second kappa shape index (κ2) is 6.89. The van der Waals surface area contributed by atoms with E-state index in [1.807, 2.05) is 42.5 Å². The van der Waals surface area contributed by atoms with Crippen molar-refractivity contribution in [2.24, 2.45) is 0 Å². The SMILES string of the molecule is O=S(=O)(Cc1ccccc1)N1CCSC(c2ccco2)CC1. The fraction of sp³-hybridized carbons (Fsp3) is 0.375. The van der Waals surface area contributed by atoms with Crippen LogP contribution < -0.4 is 0 Å². The van der Waals surface area contributed by atoms with Gasteiger partial charge < -0.3 is 4.42 Å². The quantitative estimate of drug-likeness (QED) is 0.859. The lowest BCUT2D eigenvalue weighted by Crippen LogP contribution is -2.34. The van der Waals surface area contributed by atoms with Crippen LogP contribution in [0.15, 0.2) is 53.1 Å². The Balaban J connectivity index is 1.67. The van der Waals surface area contributed by atoms with Gasteiger partial charge in [0.1, 0.15) is 5.76 Å². The zero-order valence-corrected chi connectivity index (χ0v) is 13.9. The molecule has 1 fully saturated rings. The molecule has 3 rings (SSSR count). The van der Waals surface area contributed by atoms with Gasteiger partial charge >= 0.3 is 0 Å². The van der Waals surface area contributed by atoms with Crippen LogP contribution in [0.3, 0.4) is 0 Å². The maximum Gasteiger partial charge on any atom is 0.218 e. The number of benzene rings is 1. The van der Waals surface area contributed by atoms with E-state index in [1.165, 1.54) is 0 Å². The molecule has 118 valence electrons. The van der Waals surface area contributed by atoms with Gasteiger partial charge in [-0.25, -0.2) is 12.7 Å². The molecule has 0 bridgehead atoms. The van der Waals surface area contributed by atoms with Crippen molar-refractivity contribution in [3.63, 3.8) is 0 Å². The van der Waals surface area contributed by atoms with E-state index in [1.54, 1.807) is 22.3 Å². The average molecular weight is 337 g/mol. The summed E-state index contributed by atoms with van der Waals surface area (Å²) in [4.78, 5) is 0. The maximum atomic E-state index is 12.6. The molecule has 22 heavy (non-hydrogen) atoms. The van der Waals surface area contributed by atoms with Gasteiger partial charge in [-0.2, -0.15) is 0 Å². The lowest BCUT2D eigenvalue weighted by molar-refractivity contribution is 0.416. The molecule has 4 nitrogen and oxygen atoms in total. The minimum Gasteiger partial charge on any atom is -0.468 e. The highest BCUT2D eigenvalue weighted by atomic mass is 32.2. The van der Waals surface area contributed by atoms with Gasteiger partial charge in [0.2, 0.25) is 10.0 Å². The van der Waals surface area contributed by atoms with E-state index in [0.29, 0.717) is 13.1 Å². The number of sulfonamides is 1. The van der Waals surface area contributed by atoms with Crippen molar-refractivity contribution < 1.29 is 12.8 Å². The average Bonchev–Trinajstić information content (AvgIpc) is 2.92. The van der Waals surface area contributed by atoms with Gasteiger partial charge in [0.25, 0.3) is 0 Å². The van der Waals surface area contributed by atoms with Crippen molar-refractivity contribution in [2.45, 2.75) is 17.4 Å². The third-order valence-corrected chi connectivity index (χ3v) is 6.88. The molecule has 1 saturated heterocycles. The Hall–Kier alpha value is -1.24. The lowest BCUT2D eigenvalue weighted by atomic mass is 10.2. The summed E-state index contributed by atoms with van der Waals surface area (Å²) >= 11 is 1.77. The summed E-state index contributed by atoms with van der Waals surface area (Å²) in [6.07, 6.45) is 2.46. The molecule has 1 aliphatic heterocycles. The van der Waals surface area contributed by atoms with E-state index in [2.05, 4.69) is 0 Å². The first-order valence-electron chi connectivity index (χ1n) is 7.32. The topological polar surface area (TPSA) is 50.5 Å². The fourth-order valence-electron chi connectivity index (χ4n) is 2.61. The van der Waals surface area contributed by atoms with Gasteiger partial charge in [0.05, 0.1) is 17.3 Å². The Morgan fingerprint density at radius 2 is 1.95 bits per heavy atom. The summed E-state index contributed by atoms with van der Waals surface area (Å²) < 4.78 is 32.3. The van der Waals surface area contributed by atoms with E-state index >= 15 is 0 Å². The Labute approximate surface area is 135 Å². The summed E-state index contributed by atoms with van der Waals surface area (Å²) in [6.45, 7) is 1.12. The largest absolute Gasteiger partial charge is 0.468 e. The standard InChI is InChI=1S/C16H19NO3S2/c18-22(19,13-14-5-2-1-3-6-14)17-9-8-16(21-12-10-17)15-7-4-11-20-15/h1-7,11,16H,8-10,12-13H2. The molecule has 0 aliphatic carbocycles. The van der Waals surface area contributed by atoms with E-state index in [4.69, 9.17) is 4.42 Å². The second-order valence-electron chi connectivity index (χ2n) is 5.30. The van der Waals surface area contributed by atoms with Crippen LogP contribution in [-0.4, -0.2) is 31.6 Å². The molecule has 0 saturated carbocycles. The van der Waals surface area contributed by atoms with Crippen LogP contribution in [0.5, 0.6) is 0 Å². The summed E-state index contributed by atoms with van der Waals surface area (Å²) in [5.74, 6) is 1.80. The van der Waals surface area contributed by atoms with Crippen LogP contribution in [0.4, 0.5) is 0 Å². The van der Waals surface area contributed by atoms with E-state index in [9.17, 15) is 8.42 Å². The number of rotatable bonds is 4. The molecule has 0 radical (unpaired) electrons. The molecule has 2 aromatic rings. The Kier molecular flexibility index (Phi) is 4.90. The van der Waals surface area contributed by atoms with Gasteiger partial charge in [-0.1, -0.05) is 30.3 Å². The molecule has 1 unspecified atom stereocenters. The summed E-state index contributed by atoms with van der Waals surface area (Å²) in [7, 11) is -3.26. The lowest BCUT2D eigenvalue weighted by Gasteiger charge is -2.19. The zero-order valence-electron chi connectivity index (χ0n) is 12.2. The van der Waals surface area contributed by atoms with Gasteiger partial charge in [-0.05, 0) is 24.1 Å². The van der Waals surface area contributed by atoms with Crippen LogP contribution in [0, 0.1) is 0 Å². The third kappa shape index (κ3) is 3.74. The van der Waals surface area contributed by atoms with Crippen LogP contribution in [0.1, 0.15) is 23.0 Å². The molecular weight excluding hydrogens is 318 g/mol. The van der Waals surface area contributed by atoms with Gasteiger partial charge in [-0.15, -0.1) is 11.8 Å². The predicted molar refractivity (Wildman–Crippen MR) is 89.2 cm³/mol. The summed E-state index contributed by atoms with van der Waals surface area (Å²) in [6, 6.07) is 13.2. The Morgan fingerprint density at radius 1 is 1.14 bits per heavy atom. The third-order valence-electron chi connectivity index (χ3n) is 3.75. The molecule has 0 spiro atoms. The minimum absolute atomic E-state index is 0.0733. The molecular formula is C16H19NO3S2. The first-order valence-corrected chi connectivity index (χ1v) is 9.98. The van der Waals surface area contributed by atoms with Crippen LogP contribution in [0.25, 0.3) is 0 Å². The Bertz CT molecular complexity index is 683. The van der Waals surface area contributed by atoms with Crippen molar-refractivity contribution in [1.29, 1.82) is 0 Å². The van der Waals surface area contributed by atoms with E-state index in [-0.39, 0.29) is 11.0 Å². The minimum atomic E-state index is -3.26. The molecule has 0 amide bonds. The highest BCUT2D eigenvalue weighted by Crippen LogP contribution is 2.35. The highest BCUT2D eigenvalue weighted by molar-refractivity contribution is 7.99. The Morgan fingerprint density at radius 3 is 2.68 bits per heavy atom. The monoisotopic (exact) mass is 337 g/mol. The van der Waals surface area contributed by atoms with Crippen LogP contribution >= 0.6 is 11.8 Å². The van der Waals surface area contributed by atoms with Gasteiger partial charge in [-0.3, -0.25) is 0 Å². The van der Waals surface area contributed by atoms with Gasteiger partial charge in [0, 0.05) is 18.8 Å². The first kappa shape index (κ1) is 15.6. The van der Waals surface area contributed by atoms with Crippen molar-refractivity contribution in [3.8, 4) is 0 Å². The smallest absolute Gasteiger partial charge is 0.218 e. The number of hydrogen-bond acceptors (Lipinski definition) is 4. The highest BCUT2D eigenvalue weighted by Gasteiger charge is 2.27. The normalized spacial score (nSPS) is 20.6. The fourth-order valence-corrected chi connectivity index (χ4v) is 5.45. The number of thioether (sulfide) groups is 1. The summed E-state index contributed by atoms with van der Waals surface area (Å²) in [5.41, 5.74) is 0.835. The predicted octanol–water partition coefficient (Wildman–Crippen LogP) is 3.29. The van der Waals surface area contributed by atoms with Crippen LogP contribution in [-0.2, 0) is 15.8 Å². The van der Waals surface area contributed by atoms with Crippen molar-refractivity contribution >= 4 is 21.8 Å². The van der Waals surface area contributed by atoms with Crippen molar-refractivity contribution in [2.75, 3.05) is 18.8 Å². The van der Waals surface area contributed by atoms with Gasteiger partial charge in [0.15, 0.2) is 0 Å². The molecule has 0 N–H and O–H groups in total. The molecule has 1 aliphatic rings. The molecule has 1 aromatic carbocycles. The van der Waals surface area contributed by atoms with E-state index < -0.39 is 10.0 Å². The number of furan rings is 1. The maximum absolute atomic E-state index is 12.6. The van der Waals surface area contributed by atoms with Crippen molar-refractivity contribution in [1.82, 2.24) is 4.31 Å². The molecule has 2 heterocycles. The van der Waals surface area contributed by atoms with Crippen molar-refractivity contribution in [3.05, 3.63) is 60.1 Å². The molecule has 1 aromatic heterocycles. The van der Waals surface area contributed by atoms with Crippen LogP contribution in [0.2, 0.25) is 0 Å². The van der Waals surface area contributed by atoms with E-state index in [0.717, 1.165) is 23.5 Å².